The second-order valence-electron chi connectivity index (χ2n) is 4.75. The first-order valence-corrected chi connectivity index (χ1v) is 6.61. The Bertz CT molecular complexity index is 627. The molecule has 1 aliphatic rings. The quantitative estimate of drug-likeness (QED) is 0.915. The monoisotopic (exact) mass is 256 g/mol. The van der Waals surface area contributed by atoms with Crippen LogP contribution in [0.3, 0.4) is 0 Å². The molecule has 1 fully saturated rings. The lowest BCUT2D eigenvalue weighted by Crippen LogP contribution is -2.10. The highest BCUT2D eigenvalue weighted by atomic mass is 16.5. The van der Waals surface area contributed by atoms with Gasteiger partial charge in [0.25, 0.3) is 5.56 Å². The van der Waals surface area contributed by atoms with E-state index in [0.29, 0.717) is 12.5 Å². The van der Waals surface area contributed by atoms with Crippen molar-refractivity contribution in [1.29, 1.82) is 0 Å². The lowest BCUT2D eigenvalue weighted by Gasteiger charge is -2.06. The van der Waals surface area contributed by atoms with Gasteiger partial charge in [-0.1, -0.05) is 0 Å². The molecule has 98 valence electrons. The molecule has 1 heterocycles. The zero-order valence-corrected chi connectivity index (χ0v) is 10.8. The minimum absolute atomic E-state index is 0.0826. The van der Waals surface area contributed by atoms with Gasteiger partial charge in [0.2, 0.25) is 0 Å². The Kier molecular flexibility index (Phi) is 3.07. The lowest BCUT2D eigenvalue weighted by molar-refractivity contribution is 0.340. The molecular formula is C15H16N2O2. The average molecular weight is 256 g/mol. The topological polar surface area (TPSA) is 55.0 Å². The van der Waals surface area contributed by atoms with Gasteiger partial charge in [0, 0.05) is 17.5 Å². The molecule has 1 aliphatic carbocycles. The third-order valence-corrected chi connectivity index (χ3v) is 3.19. The van der Waals surface area contributed by atoms with Crippen LogP contribution in [0.15, 0.2) is 35.1 Å². The Hall–Kier alpha value is -2.10. The number of aromatic amines is 1. The summed E-state index contributed by atoms with van der Waals surface area (Å²) in [6.45, 7) is 2.60. The summed E-state index contributed by atoms with van der Waals surface area (Å²) in [5.41, 5.74) is 1.59. The highest BCUT2D eigenvalue weighted by Gasteiger charge is 2.26. The van der Waals surface area contributed by atoms with Crippen molar-refractivity contribution in [2.24, 2.45) is 0 Å². The molecule has 1 saturated carbocycles. The molecular weight excluding hydrogens is 240 g/mol. The zero-order chi connectivity index (χ0) is 13.2. The van der Waals surface area contributed by atoms with Crippen molar-refractivity contribution in [2.75, 3.05) is 6.61 Å². The number of hydrogen-bond donors (Lipinski definition) is 1. The third kappa shape index (κ3) is 2.67. The Morgan fingerprint density at radius 1 is 1.32 bits per heavy atom. The van der Waals surface area contributed by atoms with Crippen molar-refractivity contribution in [3.63, 3.8) is 0 Å². The summed E-state index contributed by atoms with van der Waals surface area (Å²) >= 11 is 0. The number of aromatic nitrogens is 2. The number of rotatable bonds is 4. The Morgan fingerprint density at radius 3 is 2.68 bits per heavy atom. The van der Waals surface area contributed by atoms with E-state index in [1.165, 1.54) is 0 Å². The van der Waals surface area contributed by atoms with E-state index in [0.717, 1.165) is 35.7 Å². The van der Waals surface area contributed by atoms with Crippen LogP contribution < -0.4 is 10.3 Å². The molecule has 1 N–H and O–H groups in total. The maximum absolute atomic E-state index is 11.7. The molecule has 3 rings (SSSR count). The molecule has 4 nitrogen and oxygen atoms in total. The Balaban J connectivity index is 1.94. The number of hydrogen-bond acceptors (Lipinski definition) is 3. The number of H-pyrrole nitrogens is 1. The summed E-state index contributed by atoms with van der Waals surface area (Å²) in [4.78, 5) is 19.0. The standard InChI is InChI=1S/C15H16N2O2/c1-2-19-12-7-5-10(6-8-12)13-9-14(18)17-15(16-13)11-3-4-11/h5-9,11H,2-4H2,1H3,(H,16,17,18). The van der Waals surface area contributed by atoms with Crippen LogP contribution in [0.2, 0.25) is 0 Å². The predicted molar refractivity (Wildman–Crippen MR) is 73.4 cm³/mol. The van der Waals surface area contributed by atoms with Crippen molar-refractivity contribution in [3.8, 4) is 17.0 Å². The number of benzene rings is 1. The van der Waals surface area contributed by atoms with Gasteiger partial charge in [0.05, 0.1) is 12.3 Å². The van der Waals surface area contributed by atoms with Crippen LogP contribution in [0.5, 0.6) is 5.75 Å². The minimum atomic E-state index is -0.0826. The fourth-order valence-corrected chi connectivity index (χ4v) is 2.06. The maximum atomic E-state index is 11.7. The molecule has 0 radical (unpaired) electrons. The highest BCUT2D eigenvalue weighted by Crippen LogP contribution is 2.38. The van der Waals surface area contributed by atoms with E-state index >= 15 is 0 Å². The second kappa shape index (κ2) is 4.88. The van der Waals surface area contributed by atoms with Crippen LogP contribution >= 0.6 is 0 Å². The molecule has 0 unspecified atom stereocenters. The summed E-state index contributed by atoms with van der Waals surface area (Å²) < 4.78 is 5.40. The Morgan fingerprint density at radius 2 is 2.05 bits per heavy atom. The first kappa shape index (κ1) is 12.0. The molecule has 0 spiro atoms. The predicted octanol–water partition coefficient (Wildman–Crippen LogP) is 2.71. The van der Waals surface area contributed by atoms with E-state index < -0.39 is 0 Å². The van der Waals surface area contributed by atoms with Crippen molar-refractivity contribution in [2.45, 2.75) is 25.7 Å². The molecule has 19 heavy (non-hydrogen) atoms. The van der Waals surface area contributed by atoms with Gasteiger partial charge in [-0.25, -0.2) is 4.98 Å². The van der Waals surface area contributed by atoms with E-state index in [1.807, 2.05) is 31.2 Å². The maximum Gasteiger partial charge on any atom is 0.251 e. The number of nitrogens with zero attached hydrogens (tertiary/aromatic N) is 1. The van der Waals surface area contributed by atoms with E-state index in [9.17, 15) is 4.79 Å². The van der Waals surface area contributed by atoms with Crippen LogP contribution in [0, 0.1) is 0 Å². The van der Waals surface area contributed by atoms with Gasteiger partial charge in [0.15, 0.2) is 0 Å². The molecule has 0 saturated heterocycles. The molecule has 4 heteroatoms. The van der Waals surface area contributed by atoms with Gasteiger partial charge in [0.1, 0.15) is 11.6 Å². The first-order chi connectivity index (χ1) is 9.26. The zero-order valence-electron chi connectivity index (χ0n) is 10.8. The summed E-state index contributed by atoms with van der Waals surface area (Å²) in [5, 5.41) is 0. The highest BCUT2D eigenvalue weighted by molar-refractivity contribution is 5.59. The van der Waals surface area contributed by atoms with Gasteiger partial charge in [-0.3, -0.25) is 4.79 Å². The Labute approximate surface area is 111 Å². The summed E-state index contributed by atoms with van der Waals surface area (Å²) in [6.07, 6.45) is 2.24. The fraction of sp³-hybridized carbons (Fsp3) is 0.333. The van der Waals surface area contributed by atoms with Crippen molar-refractivity contribution < 1.29 is 4.74 Å². The van der Waals surface area contributed by atoms with Crippen molar-refractivity contribution in [3.05, 3.63) is 46.5 Å². The summed E-state index contributed by atoms with van der Waals surface area (Å²) in [7, 11) is 0. The van der Waals surface area contributed by atoms with Crippen molar-refractivity contribution >= 4 is 0 Å². The smallest absolute Gasteiger partial charge is 0.251 e. The fourth-order valence-electron chi connectivity index (χ4n) is 2.06. The van der Waals surface area contributed by atoms with Gasteiger partial charge < -0.3 is 9.72 Å². The third-order valence-electron chi connectivity index (χ3n) is 3.19. The first-order valence-electron chi connectivity index (χ1n) is 6.61. The SMILES string of the molecule is CCOc1ccc(-c2cc(=O)[nH]c(C3CC3)n2)cc1. The second-order valence-corrected chi connectivity index (χ2v) is 4.75. The summed E-state index contributed by atoms with van der Waals surface area (Å²) in [5.74, 6) is 2.09. The minimum Gasteiger partial charge on any atom is -0.494 e. The number of ether oxygens (including phenoxy) is 1. The molecule has 1 aromatic heterocycles. The average Bonchev–Trinajstić information content (AvgIpc) is 3.23. The molecule has 0 bridgehead atoms. The number of nitrogens with one attached hydrogen (secondary N) is 1. The lowest BCUT2D eigenvalue weighted by atomic mass is 10.1. The van der Waals surface area contributed by atoms with E-state index in [1.54, 1.807) is 6.07 Å². The van der Waals surface area contributed by atoms with Crippen LogP contribution in [0.25, 0.3) is 11.3 Å². The van der Waals surface area contributed by atoms with E-state index in [2.05, 4.69) is 9.97 Å². The van der Waals surface area contributed by atoms with E-state index in [-0.39, 0.29) is 5.56 Å². The van der Waals surface area contributed by atoms with Crippen LogP contribution in [-0.2, 0) is 0 Å². The molecule has 2 aromatic rings. The normalized spacial score (nSPS) is 14.4. The van der Waals surface area contributed by atoms with E-state index in [4.69, 9.17) is 4.74 Å². The largest absolute Gasteiger partial charge is 0.494 e. The molecule has 0 atom stereocenters. The van der Waals surface area contributed by atoms with Crippen LogP contribution in [-0.4, -0.2) is 16.6 Å². The van der Waals surface area contributed by atoms with Gasteiger partial charge in [-0.2, -0.15) is 0 Å². The van der Waals surface area contributed by atoms with Gasteiger partial charge in [-0.15, -0.1) is 0 Å². The van der Waals surface area contributed by atoms with Crippen LogP contribution in [0.4, 0.5) is 0 Å². The molecule has 0 aliphatic heterocycles. The summed E-state index contributed by atoms with van der Waals surface area (Å²) in [6, 6.07) is 9.21. The van der Waals surface area contributed by atoms with Crippen LogP contribution in [0.1, 0.15) is 31.5 Å². The van der Waals surface area contributed by atoms with Gasteiger partial charge >= 0.3 is 0 Å². The van der Waals surface area contributed by atoms with Gasteiger partial charge in [-0.05, 0) is 44.0 Å². The molecule has 0 amide bonds. The van der Waals surface area contributed by atoms with Crippen molar-refractivity contribution in [1.82, 2.24) is 9.97 Å². The molecule has 1 aromatic carbocycles.